The van der Waals surface area contributed by atoms with E-state index in [-0.39, 0.29) is 5.41 Å². The lowest BCUT2D eigenvalue weighted by atomic mass is 9.84. The Kier molecular flexibility index (Phi) is 4.81. The van der Waals surface area contributed by atoms with Crippen LogP contribution in [0.1, 0.15) is 19.4 Å². The molecule has 0 amide bonds. The summed E-state index contributed by atoms with van der Waals surface area (Å²) in [6.07, 6.45) is 1.90. The first-order valence-electron chi connectivity index (χ1n) is 6.82. The summed E-state index contributed by atoms with van der Waals surface area (Å²) in [4.78, 5) is 0. The van der Waals surface area contributed by atoms with Crippen molar-refractivity contribution in [1.82, 2.24) is 0 Å². The first-order valence-corrected chi connectivity index (χ1v) is 7.19. The molecule has 0 spiro atoms. The molecule has 0 saturated heterocycles. The van der Waals surface area contributed by atoms with Gasteiger partial charge in [0.05, 0.1) is 11.4 Å². The number of rotatable bonds is 5. The number of nitrogens with one attached hydrogen (secondary N) is 1. The monoisotopic (exact) mass is 298 g/mol. The van der Waals surface area contributed by atoms with Crippen LogP contribution >= 0.6 is 11.6 Å². The third kappa shape index (κ3) is 3.96. The van der Waals surface area contributed by atoms with E-state index in [1.807, 2.05) is 60.7 Å². The molecule has 0 heterocycles. The van der Waals surface area contributed by atoms with E-state index >= 15 is 0 Å². The summed E-state index contributed by atoms with van der Waals surface area (Å²) in [5.41, 5.74) is 5.73. The summed E-state index contributed by atoms with van der Waals surface area (Å²) >= 11 is 5.96. The average Bonchev–Trinajstić information content (AvgIpc) is 2.50. The molecule has 21 heavy (non-hydrogen) atoms. The van der Waals surface area contributed by atoms with Gasteiger partial charge in [0.15, 0.2) is 0 Å². The largest absolute Gasteiger partial charge is 0.278 e. The van der Waals surface area contributed by atoms with E-state index in [1.165, 1.54) is 0 Å². The van der Waals surface area contributed by atoms with Crippen molar-refractivity contribution in [3.63, 3.8) is 0 Å². The molecule has 0 radical (unpaired) electrons. The molecule has 0 unspecified atom stereocenters. The Morgan fingerprint density at radius 2 is 1.71 bits per heavy atom. The van der Waals surface area contributed by atoms with E-state index in [0.717, 1.165) is 17.0 Å². The number of halogens is 1. The lowest BCUT2D eigenvalue weighted by molar-refractivity contribution is 0.677. The van der Waals surface area contributed by atoms with Gasteiger partial charge in [-0.05, 0) is 29.8 Å². The number of benzene rings is 2. The van der Waals surface area contributed by atoms with Crippen LogP contribution in [0.2, 0.25) is 5.02 Å². The summed E-state index contributed by atoms with van der Waals surface area (Å²) in [7, 11) is 0. The quantitative estimate of drug-likeness (QED) is 0.448. The maximum absolute atomic E-state index is 5.96. The molecule has 0 bridgehead atoms. The van der Waals surface area contributed by atoms with Crippen molar-refractivity contribution in [3.05, 3.63) is 77.8 Å². The zero-order valence-electron chi connectivity index (χ0n) is 12.3. The van der Waals surface area contributed by atoms with Gasteiger partial charge in [0.1, 0.15) is 0 Å². The van der Waals surface area contributed by atoms with Crippen LogP contribution in [0.3, 0.4) is 0 Å². The number of hydrogen-bond acceptors (Lipinski definition) is 2. The highest BCUT2D eigenvalue weighted by molar-refractivity contribution is 6.30. The highest BCUT2D eigenvalue weighted by Crippen LogP contribution is 2.25. The van der Waals surface area contributed by atoms with Crippen LogP contribution < -0.4 is 5.43 Å². The minimum absolute atomic E-state index is 0.254. The standard InChI is InChI=1S/C18H19ClN2/c1-4-18(2,3)17(14-10-12-15(19)13-11-14)21-20-16-8-6-5-7-9-16/h4-13,20H,1H2,2-3H3/b21-17-. The second-order valence-electron chi connectivity index (χ2n) is 5.37. The lowest BCUT2D eigenvalue weighted by Crippen LogP contribution is -2.24. The topological polar surface area (TPSA) is 24.4 Å². The molecule has 2 rings (SSSR count). The van der Waals surface area contributed by atoms with Crippen molar-refractivity contribution in [3.8, 4) is 0 Å². The Labute approximate surface area is 131 Å². The lowest BCUT2D eigenvalue weighted by Gasteiger charge is -2.23. The molecule has 2 aromatic rings. The second-order valence-corrected chi connectivity index (χ2v) is 5.81. The summed E-state index contributed by atoms with van der Waals surface area (Å²) in [6, 6.07) is 17.5. The van der Waals surface area contributed by atoms with Gasteiger partial charge < -0.3 is 0 Å². The van der Waals surface area contributed by atoms with Crippen molar-refractivity contribution < 1.29 is 0 Å². The Bertz CT molecular complexity index is 628. The highest BCUT2D eigenvalue weighted by atomic mass is 35.5. The van der Waals surface area contributed by atoms with Crippen molar-refractivity contribution in [2.75, 3.05) is 5.43 Å². The van der Waals surface area contributed by atoms with Gasteiger partial charge >= 0.3 is 0 Å². The van der Waals surface area contributed by atoms with Gasteiger partial charge in [-0.2, -0.15) is 5.10 Å². The van der Waals surface area contributed by atoms with Crippen LogP contribution in [0.15, 0.2) is 72.4 Å². The normalized spacial score (nSPS) is 12.0. The molecular weight excluding hydrogens is 280 g/mol. The Balaban J connectivity index is 2.37. The predicted molar refractivity (Wildman–Crippen MR) is 92.0 cm³/mol. The summed E-state index contributed by atoms with van der Waals surface area (Å²) < 4.78 is 0. The number of allylic oxidation sites excluding steroid dienone is 1. The highest BCUT2D eigenvalue weighted by Gasteiger charge is 2.23. The van der Waals surface area contributed by atoms with Gasteiger partial charge in [0.25, 0.3) is 0 Å². The van der Waals surface area contributed by atoms with Crippen molar-refractivity contribution >= 4 is 23.0 Å². The molecule has 0 fully saturated rings. The molecule has 0 atom stereocenters. The van der Waals surface area contributed by atoms with E-state index in [1.54, 1.807) is 0 Å². The fraction of sp³-hybridized carbons (Fsp3) is 0.167. The summed E-state index contributed by atoms with van der Waals surface area (Å²) in [6.45, 7) is 8.08. The Hall–Kier alpha value is -2.06. The average molecular weight is 299 g/mol. The minimum atomic E-state index is -0.254. The first-order chi connectivity index (χ1) is 10.0. The second kappa shape index (κ2) is 6.59. The molecule has 0 aliphatic heterocycles. The molecule has 108 valence electrons. The van der Waals surface area contributed by atoms with E-state index in [9.17, 15) is 0 Å². The number of hydrazone groups is 1. The molecule has 0 saturated carbocycles. The zero-order valence-corrected chi connectivity index (χ0v) is 13.1. The van der Waals surface area contributed by atoms with Crippen LogP contribution in [0.25, 0.3) is 0 Å². The smallest absolute Gasteiger partial charge is 0.0773 e. The van der Waals surface area contributed by atoms with Crippen LogP contribution in [-0.2, 0) is 0 Å². The van der Waals surface area contributed by atoms with Crippen LogP contribution in [-0.4, -0.2) is 5.71 Å². The van der Waals surface area contributed by atoms with Crippen LogP contribution in [0.5, 0.6) is 0 Å². The maximum atomic E-state index is 5.96. The SMILES string of the molecule is C=CC(C)(C)/C(=N\Nc1ccccc1)c1ccc(Cl)cc1. The number of nitrogens with zero attached hydrogens (tertiary/aromatic N) is 1. The fourth-order valence-electron chi connectivity index (χ4n) is 1.92. The van der Waals surface area contributed by atoms with Crippen LogP contribution in [0, 0.1) is 5.41 Å². The third-order valence-corrected chi connectivity index (χ3v) is 3.56. The third-order valence-electron chi connectivity index (χ3n) is 3.31. The number of para-hydroxylation sites is 1. The molecule has 0 aromatic heterocycles. The van der Waals surface area contributed by atoms with E-state index in [4.69, 9.17) is 11.6 Å². The minimum Gasteiger partial charge on any atom is -0.278 e. The molecule has 0 aliphatic rings. The first kappa shape index (κ1) is 15.3. The van der Waals surface area contributed by atoms with Crippen molar-refractivity contribution in [1.29, 1.82) is 0 Å². The van der Waals surface area contributed by atoms with E-state index in [2.05, 4.69) is 31.0 Å². The zero-order chi connectivity index (χ0) is 15.3. The molecule has 1 N–H and O–H groups in total. The van der Waals surface area contributed by atoms with Gasteiger partial charge in [0, 0.05) is 10.4 Å². The van der Waals surface area contributed by atoms with Gasteiger partial charge in [-0.15, -0.1) is 6.58 Å². The van der Waals surface area contributed by atoms with Gasteiger partial charge in [-0.1, -0.05) is 61.9 Å². The molecule has 2 aromatic carbocycles. The maximum Gasteiger partial charge on any atom is 0.0773 e. The summed E-state index contributed by atoms with van der Waals surface area (Å²) in [5.74, 6) is 0. The van der Waals surface area contributed by atoms with Crippen LogP contribution in [0.4, 0.5) is 5.69 Å². The Morgan fingerprint density at radius 1 is 1.10 bits per heavy atom. The van der Waals surface area contributed by atoms with Gasteiger partial charge in [0.2, 0.25) is 0 Å². The Morgan fingerprint density at radius 3 is 2.29 bits per heavy atom. The summed E-state index contributed by atoms with van der Waals surface area (Å²) in [5, 5.41) is 5.30. The number of hydrogen-bond donors (Lipinski definition) is 1. The van der Waals surface area contributed by atoms with E-state index < -0.39 is 0 Å². The molecule has 3 heteroatoms. The van der Waals surface area contributed by atoms with E-state index in [0.29, 0.717) is 5.02 Å². The number of anilines is 1. The molecule has 0 aliphatic carbocycles. The predicted octanol–water partition coefficient (Wildman–Crippen LogP) is 5.37. The van der Waals surface area contributed by atoms with Gasteiger partial charge in [-0.3, -0.25) is 5.43 Å². The van der Waals surface area contributed by atoms with Crippen molar-refractivity contribution in [2.45, 2.75) is 13.8 Å². The molecule has 2 nitrogen and oxygen atoms in total. The molecular formula is C18H19ClN2. The van der Waals surface area contributed by atoms with Crippen molar-refractivity contribution in [2.24, 2.45) is 10.5 Å². The van der Waals surface area contributed by atoms with Gasteiger partial charge in [-0.25, -0.2) is 0 Å². The fourth-order valence-corrected chi connectivity index (χ4v) is 2.04.